The highest BCUT2D eigenvalue weighted by Gasteiger charge is 2.09. The van der Waals surface area contributed by atoms with Crippen LogP contribution in [0.1, 0.15) is 23.7 Å². The van der Waals surface area contributed by atoms with E-state index in [1.54, 1.807) is 18.2 Å². The molecule has 2 nitrogen and oxygen atoms in total. The summed E-state index contributed by atoms with van der Waals surface area (Å²) in [6, 6.07) is 4.79. The van der Waals surface area contributed by atoms with Crippen LogP contribution >= 0.6 is 39.1 Å². The summed E-state index contributed by atoms with van der Waals surface area (Å²) in [4.78, 5) is 12.0. The molecule has 1 aromatic carbocycles. The van der Waals surface area contributed by atoms with Crippen LogP contribution in [0.2, 0.25) is 10.0 Å². The lowest BCUT2D eigenvalue weighted by Gasteiger charge is -2.09. The highest BCUT2D eigenvalue weighted by Crippen LogP contribution is 2.19. The molecule has 5 heteroatoms. The van der Waals surface area contributed by atoms with Crippen LogP contribution in [-0.4, -0.2) is 17.3 Å². The Morgan fingerprint density at radius 3 is 2.44 bits per heavy atom. The molecule has 0 saturated carbocycles. The van der Waals surface area contributed by atoms with E-state index in [2.05, 4.69) is 21.2 Å². The lowest BCUT2D eigenvalue weighted by atomic mass is 10.2. The summed E-state index contributed by atoms with van der Waals surface area (Å²) in [6.07, 6.45) is 0.955. The van der Waals surface area contributed by atoms with Crippen molar-refractivity contribution in [2.45, 2.75) is 18.2 Å². The highest BCUT2D eigenvalue weighted by atomic mass is 79.9. The number of hydrogen-bond acceptors (Lipinski definition) is 1. The van der Waals surface area contributed by atoms with E-state index in [1.165, 1.54) is 0 Å². The smallest absolute Gasteiger partial charge is 0.251 e. The Morgan fingerprint density at radius 1 is 1.38 bits per heavy atom. The zero-order valence-electron chi connectivity index (χ0n) is 8.77. The molecule has 1 amide bonds. The summed E-state index contributed by atoms with van der Waals surface area (Å²) < 4.78 is 0. The van der Waals surface area contributed by atoms with Gasteiger partial charge in [0, 0.05) is 27.0 Å². The van der Waals surface area contributed by atoms with Crippen LogP contribution in [0.3, 0.4) is 0 Å². The summed E-state index contributed by atoms with van der Waals surface area (Å²) in [5.41, 5.74) is 0.480. The van der Waals surface area contributed by atoms with E-state index in [9.17, 15) is 4.79 Å². The molecule has 0 aliphatic heterocycles. The topological polar surface area (TPSA) is 29.1 Å². The van der Waals surface area contributed by atoms with Crippen LogP contribution < -0.4 is 5.32 Å². The summed E-state index contributed by atoms with van der Waals surface area (Å²) in [5.74, 6) is -0.165. The van der Waals surface area contributed by atoms with Gasteiger partial charge in [-0.25, -0.2) is 0 Å². The molecule has 1 unspecified atom stereocenters. The van der Waals surface area contributed by atoms with E-state index in [0.29, 0.717) is 22.2 Å². The second-order valence-electron chi connectivity index (χ2n) is 3.37. The Balaban J connectivity index is 2.66. The maximum atomic E-state index is 11.7. The molecule has 0 spiro atoms. The van der Waals surface area contributed by atoms with Crippen LogP contribution in [0, 0.1) is 0 Å². The summed E-state index contributed by atoms with van der Waals surface area (Å²) in [5, 5.41) is 3.72. The van der Waals surface area contributed by atoms with E-state index in [1.807, 2.05) is 6.92 Å². The molecule has 0 aliphatic carbocycles. The van der Waals surface area contributed by atoms with Crippen molar-refractivity contribution in [3.05, 3.63) is 33.8 Å². The Morgan fingerprint density at radius 2 is 1.94 bits per heavy atom. The average Bonchev–Trinajstić information content (AvgIpc) is 2.23. The van der Waals surface area contributed by atoms with E-state index in [4.69, 9.17) is 23.2 Å². The lowest BCUT2D eigenvalue weighted by molar-refractivity contribution is 0.0954. The van der Waals surface area contributed by atoms with Crippen molar-refractivity contribution < 1.29 is 4.79 Å². The first-order valence-corrected chi connectivity index (χ1v) is 6.58. The number of benzene rings is 1. The number of nitrogens with one attached hydrogen (secondary N) is 1. The van der Waals surface area contributed by atoms with Crippen molar-refractivity contribution in [2.75, 3.05) is 6.54 Å². The van der Waals surface area contributed by atoms with Crippen molar-refractivity contribution in [1.82, 2.24) is 5.32 Å². The maximum absolute atomic E-state index is 11.7. The van der Waals surface area contributed by atoms with E-state index >= 15 is 0 Å². The molecule has 0 bridgehead atoms. The van der Waals surface area contributed by atoms with Gasteiger partial charge in [0.05, 0.1) is 0 Å². The molecule has 16 heavy (non-hydrogen) atoms. The van der Waals surface area contributed by atoms with Crippen molar-refractivity contribution in [3.8, 4) is 0 Å². The normalized spacial score (nSPS) is 12.2. The molecule has 0 fully saturated rings. The fourth-order valence-corrected chi connectivity index (χ4v) is 1.82. The van der Waals surface area contributed by atoms with Gasteiger partial charge < -0.3 is 5.32 Å². The van der Waals surface area contributed by atoms with E-state index < -0.39 is 0 Å². The third-order valence-corrected chi connectivity index (χ3v) is 3.46. The number of rotatable bonds is 4. The average molecular weight is 325 g/mol. The lowest BCUT2D eigenvalue weighted by Crippen LogP contribution is -2.29. The Hall–Kier alpha value is -0.250. The first-order chi connectivity index (χ1) is 7.52. The van der Waals surface area contributed by atoms with Crippen LogP contribution in [0.15, 0.2) is 18.2 Å². The van der Waals surface area contributed by atoms with Gasteiger partial charge in [-0.05, 0) is 24.6 Å². The quantitative estimate of drug-likeness (QED) is 0.836. The van der Waals surface area contributed by atoms with Gasteiger partial charge in [0.15, 0.2) is 0 Å². The number of amides is 1. The van der Waals surface area contributed by atoms with Crippen molar-refractivity contribution in [2.24, 2.45) is 0 Å². The molecule has 0 aliphatic rings. The minimum Gasteiger partial charge on any atom is -0.351 e. The van der Waals surface area contributed by atoms with Crippen LogP contribution in [0.25, 0.3) is 0 Å². The molecule has 1 N–H and O–H groups in total. The number of hydrogen-bond donors (Lipinski definition) is 1. The van der Waals surface area contributed by atoms with E-state index in [0.717, 1.165) is 6.42 Å². The summed E-state index contributed by atoms with van der Waals surface area (Å²) in [7, 11) is 0. The maximum Gasteiger partial charge on any atom is 0.251 e. The first kappa shape index (κ1) is 13.8. The summed E-state index contributed by atoms with van der Waals surface area (Å²) in [6.45, 7) is 2.63. The predicted octanol–water partition coefficient (Wildman–Crippen LogP) is 3.90. The largest absolute Gasteiger partial charge is 0.351 e. The molecule has 88 valence electrons. The van der Waals surface area contributed by atoms with Crippen molar-refractivity contribution in [1.29, 1.82) is 0 Å². The van der Waals surface area contributed by atoms with Crippen molar-refractivity contribution in [3.63, 3.8) is 0 Å². The fourth-order valence-electron chi connectivity index (χ4n) is 1.13. The predicted molar refractivity (Wildman–Crippen MR) is 71.8 cm³/mol. The summed E-state index contributed by atoms with van der Waals surface area (Å²) >= 11 is 15.1. The standard InChI is InChI=1S/C11H12BrCl2NO/c1-2-8(12)6-15-11(16)7-3-9(13)5-10(14)4-7/h3-5,8H,2,6H2,1H3,(H,15,16). The third kappa shape index (κ3) is 4.32. The number of halogens is 3. The third-order valence-electron chi connectivity index (χ3n) is 2.05. The Labute approximate surface area is 113 Å². The molecular formula is C11H12BrCl2NO. The second-order valence-corrected chi connectivity index (χ2v) is 5.54. The van der Waals surface area contributed by atoms with Gasteiger partial charge in [0.2, 0.25) is 0 Å². The molecular weight excluding hydrogens is 313 g/mol. The number of carbonyl (C=O) groups is 1. The van der Waals surface area contributed by atoms with Gasteiger partial charge in [0.1, 0.15) is 0 Å². The zero-order valence-corrected chi connectivity index (χ0v) is 11.9. The molecule has 0 aromatic heterocycles. The number of carbonyl (C=O) groups excluding carboxylic acids is 1. The van der Waals surface area contributed by atoms with Crippen LogP contribution in [0.4, 0.5) is 0 Å². The Bertz CT molecular complexity index is 364. The van der Waals surface area contributed by atoms with Gasteiger partial charge in [-0.3, -0.25) is 4.79 Å². The minimum absolute atomic E-state index is 0.165. The van der Waals surface area contributed by atoms with Crippen LogP contribution in [0.5, 0.6) is 0 Å². The minimum atomic E-state index is -0.165. The SMILES string of the molecule is CCC(Br)CNC(=O)c1cc(Cl)cc(Cl)c1. The first-order valence-electron chi connectivity index (χ1n) is 4.91. The van der Waals surface area contributed by atoms with Gasteiger partial charge in [-0.1, -0.05) is 46.1 Å². The van der Waals surface area contributed by atoms with E-state index in [-0.39, 0.29) is 10.7 Å². The highest BCUT2D eigenvalue weighted by molar-refractivity contribution is 9.09. The monoisotopic (exact) mass is 323 g/mol. The van der Waals surface area contributed by atoms with Crippen LogP contribution in [-0.2, 0) is 0 Å². The second kappa shape index (κ2) is 6.48. The van der Waals surface area contributed by atoms with Gasteiger partial charge in [0.25, 0.3) is 5.91 Å². The molecule has 0 radical (unpaired) electrons. The van der Waals surface area contributed by atoms with Gasteiger partial charge in [-0.2, -0.15) is 0 Å². The van der Waals surface area contributed by atoms with Gasteiger partial charge >= 0.3 is 0 Å². The zero-order chi connectivity index (χ0) is 12.1. The molecule has 1 atom stereocenters. The van der Waals surface area contributed by atoms with Crippen molar-refractivity contribution >= 4 is 45.0 Å². The van der Waals surface area contributed by atoms with Gasteiger partial charge in [-0.15, -0.1) is 0 Å². The molecule has 1 aromatic rings. The Kier molecular flexibility index (Phi) is 5.59. The molecule has 0 heterocycles. The number of alkyl halides is 1. The fraction of sp³-hybridized carbons (Fsp3) is 0.364. The molecule has 0 saturated heterocycles. The molecule has 1 rings (SSSR count).